The van der Waals surface area contributed by atoms with Gasteiger partial charge in [-0.1, -0.05) is 34.1 Å². The Balaban J connectivity index is 2.19. The van der Waals surface area contributed by atoms with Crippen LogP contribution in [0, 0.1) is 0 Å². The van der Waals surface area contributed by atoms with Crippen LogP contribution in [-0.2, 0) is 6.54 Å². The van der Waals surface area contributed by atoms with Gasteiger partial charge < -0.3 is 10.1 Å². The summed E-state index contributed by atoms with van der Waals surface area (Å²) < 4.78 is 6.42. The van der Waals surface area contributed by atoms with Gasteiger partial charge in [0.1, 0.15) is 5.75 Å². The van der Waals surface area contributed by atoms with Crippen LogP contribution in [0.1, 0.15) is 23.4 Å². The van der Waals surface area contributed by atoms with Gasteiger partial charge in [-0.3, -0.25) is 0 Å². The van der Waals surface area contributed by atoms with Crippen LogP contribution in [0.2, 0.25) is 0 Å². The Morgan fingerprint density at radius 2 is 2.00 bits per heavy atom. The van der Waals surface area contributed by atoms with Crippen molar-refractivity contribution < 1.29 is 4.74 Å². The molecule has 0 aliphatic carbocycles. The number of rotatable bonds is 5. The van der Waals surface area contributed by atoms with Crippen molar-refractivity contribution in [1.29, 1.82) is 0 Å². The van der Waals surface area contributed by atoms with Gasteiger partial charge in [0.15, 0.2) is 0 Å². The summed E-state index contributed by atoms with van der Waals surface area (Å²) in [6.07, 6.45) is 0. The molecule has 0 radical (unpaired) electrons. The van der Waals surface area contributed by atoms with Gasteiger partial charge in [0.05, 0.1) is 12.5 Å². The van der Waals surface area contributed by atoms with Crippen molar-refractivity contribution in [2.24, 2.45) is 0 Å². The molecule has 0 fully saturated rings. The van der Waals surface area contributed by atoms with Gasteiger partial charge in [-0.15, -0.1) is 11.6 Å². The molecule has 0 heterocycles. The van der Waals surface area contributed by atoms with Crippen LogP contribution < -0.4 is 10.1 Å². The quantitative estimate of drug-likeness (QED) is 0.729. The van der Waals surface area contributed by atoms with E-state index in [1.54, 1.807) is 7.11 Å². The number of anilines is 1. The molecule has 1 atom stereocenters. The number of methoxy groups -OCH3 is 1. The molecule has 0 bridgehead atoms. The minimum Gasteiger partial charge on any atom is -0.496 e. The SMILES string of the molecule is COc1ccc(Br)cc1CNc1ccccc1C(C)Cl. The highest BCUT2D eigenvalue weighted by Crippen LogP contribution is 2.29. The first-order chi connectivity index (χ1) is 9.61. The van der Waals surface area contributed by atoms with E-state index in [0.29, 0.717) is 6.54 Å². The van der Waals surface area contributed by atoms with Crippen molar-refractivity contribution in [2.45, 2.75) is 18.8 Å². The highest BCUT2D eigenvalue weighted by Gasteiger charge is 2.08. The minimum atomic E-state index is -0.0249. The highest BCUT2D eigenvalue weighted by molar-refractivity contribution is 9.10. The third-order valence-electron chi connectivity index (χ3n) is 3.10. The molecule has 2 rings (SSSR count). The van der Waals surface area contributed by atoms with Crippen molar-refractivity contribution in [3.63, 3.8) is 0 Å². The predicted molar refractivity (Wildman–Crippen MR) is 88.7 cm³/mol. The molecule has 20 heavy (non-hydrogen) atoms. The average Bonchev–Trinajstić information content (AvgIpc) is 2.45. The van der Waals surface area contributed by atoms with Gasteiger partial charge in [-0.05, 0) is 36.8 Å². The fourth-order valence-electron chi connectivity index (χ4n) is 2.08. The van der Waals surface area contributed by atoms with E-state index in [1.165, 1.54) is 0 Å². The predicted octanol–water partition coefficient (Wildman–Crippen LogP) is 5.37. The molecular weight excluding hydrogens is 338 g/mol. The summed E-state index contributed by atoms with van der Waals surface area (Å²) in [5.74, 6) is 0.872. The molecule has 0 aliphatic heterocycles. The second-order valence-electron chi connectivity index (χ2n) is 4.51. The van der Waals surface area contributed by atoms with Crippen molar-refractivity contribution in [2.75, 3.05) is 12.4 Å². The number of hydrogen-bond donors (Lipinski definition) is 1. The summed E-state index contributed by atoms with van der Waals surface area (Å²) in [6, 6.07) is 14.1. The molecule has 0 spiro atoms. The van der Waals surface area contributed by atoms with E-state index in [9.17, 15) is 0 Å². The lowest BCUT2D eigenvalue weighted by molar-refractivity contribution is 0.410. The standard InChI is InChI=1S/C16H17BrClNO/c1-11(18)14-5-3-4-6-15(14)19-10-12-9-13(17)7-8-16(12)20-2/h3-9,11,19H,10H2,1-2H3. The van der Waals surface area contributed by atoms with Crippen LogP contribution in [0.5, 0.6) is 5.75 Å². The van der Waals surface area contributed by atoms with Crippen molar-refractivity contribution in [3.05, 3.63) is 58.1 Å². The number of para-hydroxylation sites is 1. The molecule has 0 saturated heterocycles. The van der Waals surface area contributed by atoms with Gasteiger partial charge in [0.25, 0.3) is 0 Å². The molecule has 2 nitrogen and oxygen atoms in total. The maximum absolute atomic E-state index is 6.20. The molecule has 0 aliphatic rings. The third kappa shape index (κ3) is 3.68. The van der Waals surface area contributed by atoms with E-state index < -0.39 is 0 Å². The smallest absolute Gasteiger partial charge is 0.123 e. The van der Waals surface area contributed by atoms with Crippen LogP contribution in [0.15, 0.2) is 46.9 Å². The highest BCUT2D eigenvalue weighted by atomic mass is 79.9. The first kappa shape index (κ1) is 15.2. The Labute approximate surface area is 133 Å². The van der Waals surface area contributed by atoms with Crippen molar-refractivity contribution in [3.8, 4) is 5.75 Å². The number of benzene rings is 2. The van der Waals surface area contributed by atoms with Crippen molar-refractivity contribution in [1.82, 2.24) is 0 Å². The Bertz CT molecular complexity index is 586. The van der Waals surface area contributed by atoms with Crippen LogP contribution in [0.25, 0.3) is 0 Å². The lowest BCUT2D eigenvalue weighted by Gasteiger charge is -2.15. The van der Waals surface area contributed by atoms with E-state index in [1.807, 2.05) is 43.3 Å². The van der Waals surface area contributed by atoms with Gasteiger partial charge in [-0.2, -0.15) is 0 Å². The van der Waals surface area contributed by atoms with E-state index in [4.69, 9.17) is 16.3 Å². The molecule has 0 amide bonds. The summed E-state index contributed by atoms with van der Waals surface area (Å²) in [5, 5.41) is 3.40. The molecule has 106 valence electrons. The van der Waals surface area contributed by atoms with E-state index in [0.717, 1.165) is 27.0 Å². The summed E-state index contributed by atoms with van der Waals surface area (Å²) in [4.78, 5) is 0. The lowest BCUT2D eigenvalue weighted by atomic mass is 10.1. The largest absolute Gasteiger partial charge is 0.496 e. The zero-order chi connectivity index (χ0) is 14.5. The topological polar surface area (TPSA) is 21.3 Å². The maximum atomic E-state index is 6.20. The van der Waals surface area contributed by atoms with Gasteiger partial charge in [0, 0.05) is 22.3 Å². The first-order valence-corrected chi connectivity index (χ1v) is 7.64. The normalized spacial score (nSPS) is 12.0. The second kappa shape index (κ2) is 7.00. The van der Waals surface area contributed by atoms with Gasteiger partial charge in [0.2, 0.25) is 0 Å². The number of halogens is 2. The van der Waals surface area contributed by atoms with Crippen LogP contribution in [-0.4, -0.2) is 7.11 Å². The Morgan fingerprint density at radius 1 is 1.25 bits per heavy atom. The van der Waals surface area contributed by atoms with E-state index >= 15 is 0 Å². The number of alkyl halides is 1. The van der Waals surface area contributed by atoms with Crippen LogP contribution >= 0.6 is 27.5 Å². The third-order valence-corrected chi connectivity index (χ3v) is 3.83. The summed E-state index contributed by atoms with van der Waals surface area (Å²) in [7, 11) is 1.68. The fourth-order valence-corrected chi connectivity index (χ4v) is 2.68. The monoisotopic (exact) mass is 353 g/mol. The lowest BCUT2D eigenvalue weighted by Crippen LogP contribution is -2.04. The molecule has 0 aromatic heterocycles. The second-order valence-corrected chi connectivity index (χ2v) is 6.08. The Hall–Kier alpha value is -1.19. The number of ether oxygens (including phenoxy) is 1. The number of nitrogens with one attached hydrogen (secondary N) is 1. The zero-order valence-corrected chi connectivity index (χ0v) is 13.8. The zero-order valence-electron chi connectivity index (χ0n) is 11.5. The summed E-state index contributed by atoms with van der Waals surface area (Å²) in [6.45, 7) is 2.66. The van der Waals surface area contributed by atoms with E-state index in [-0.39, 0.29) is 5.38 Å². The summed E-state index contributed by atoms with van der Waals surface area (Å²) >= 11 is 9.69. The van der Waals surface area contributed by atoms with Crippen LogP contribution in [0.4, 0.5) is 5.69 Å². The van der Waals surface area contributed by atoms with Crippen molar-refractivity contribution >= 4 is 33.2 Å². The average molecular weight is 355 g/mol. The van der Waals surface area contributed by atoms with Crippen LogP contribution in [0.3, 0.4) is 0 Å². The Morgan fingerprint density at radius 3 is 2.70 bits per heavy atom. The molecule has 2 aromatic carbocycles. The first-order valence-electron chi connectivity index (χ1n) is 6.41. The maximum Gasteiger partial charge on any atom is 0.123 e. The molecule has 1 N–H and O–H groups in total. The van der Waals surface area contributed by atoms with Gasteiger partial charge in [-0.25, -0.2) is 0 Å². The van der Waals surface area contributed by atoms with E-state index in [2.05, 4.69) is 27.3 Å². The number of hydrogen-bond acceptors (Lipinski definition) is 2. The fraction of sp³-hybridized carbons (Fsp3) is 0.250. The Kier molecular flexibility index (Phi) is 5.32. The molecule has 0 saturated carbocycles. The molecule has 4 heteroatoms. The van der Waals surface area contributed by atoms with Gasteiger partial charge >= 0.3 is 0 Å². The summed E-state index contributed by atoms with van der Waals surface area (Å²) in [5.41, 5.74) is 3.25. The molecule has 2 aromatic rings. The molecule has 1 unspecified atom stereocenters. The molecular formula is C16H17BrClNO. The minimum absolute atomic E-state index is 0.0249.